The predicted molar refractivity (Wildman–Crippen MR) is 54.2 cm³/mol. The Hall–Kier alpha value is -0.150. The average Bonchev–Trinajstić information content (AvgIpc) is 2.07. The molecule has 1 saturated carbocycles. The first kappa shape index (κ1) is 9.93. The van der Waals surface area contributed by atoms with E-state index in [4.69, 9.17) is 22.7 Å². The van der Waals surface area contributed by atoms with E-state index in [1.54, 1.807) is 7.11 Å². The van der Waals surface area contributed by atoms with E-state index < -0.39 is 0 Å². The summed E-state index contributed by atoms with van der Waals surface area (Å²) in [5, 5.41) is 0. The summed E-state index contributed by atoms with van der Waals surface area (Å²) in [6.07, 6.45) is 6.40. The lowest BCUT2D eigenvalue weighted by Gasteiger charge is -2.28. The molecule has 3 heteroatoms. The Kier molecular flexibility index (Phi) is 3.95. The lowest BCUT2D eigenvalue weighted by atomic mass is 9.85. The van der Waals surface area contributed by atoms with Crippen LogP contribution in [0, 0.1) is 5.92 Å². The Balaban J connectivity index is 2.46. The fraction of sp³-hybridized carbons (Fsp3) is 0.889. The molecule has 0 aromatic rings. The molecule has 0 aromatic heterocycles. The monoisotopic (exact) mass is 187 g/mol. The minimum atomic E-state index is 0.0142. The van der Waals surface area contributed by atoms with E-state index >= 15 is 0 Å². The summed E-state index contributed by atoms with van der Waals surface area (Å²) in [4.78, 5) is 0.518. The molecule has 1 fully saturated rings. The highest BCUT2D eigenvalue weighted by atomic mass is 32.1. The van der Waals surface area contributed by atoms with Crippen molar-refractivity contribution >= 4 is 17.2 Å². The third-order valence-electron chi connectivity index (χ3n) is 2.61. The van der Waals surface area contributed by atoms with Gasteiger partial charge in [-0.25, -0.2) is 0 Å². The van der Waals surface area contributed by atoms with Crippen molar-refractivity contribution in [2.45, 2.75) is 38.2 Å². The minimum Gasteiger partial charge on any atom is -0.391 e. The van der Waals surface area contributed by atoms with Gasteiger partial charge >= 0.3 is 0 Å². The molecule has 1 atom stereocenters. The van der Waals surface area contributed by atoms with Crippen LogP contribution in [-0.4, -0.2) is 18.2 Å². The smallest absolute Gasteiger partial charge is 0.110 e. The summed E-state index contributed by atoms with van der Waals surface area (Å²) in [6.45, 7) is 0. The van der Waals surface area contributed by atoms with E-state index in [9.17, 15) is 0 Å². The van der Waals surface area contributed by atoms with Crippen LogP contribution in [0.1, 0.15) is 32.1 Å². The fourth-order valence-electron chi connectivity index (χ4n) is 1.98. The molecule has 0 bridgehead atoms. The van der Waals surface area contributed by atoms with Gasteiger partial charge in [0.15, 0.2) is 0 Å². The Morgan fingerprint density at radius 3 is 2.42 bits per heavy atom. The van der Waals surface area contributed by atoms with Gasteiger partial charge in [0.25, 0.3) is 0 Å². The van der Waals surface area contributed by atoms with Crippen LogP contribution in [-0.2, 0) is 4.74 Å². The van der Waals surface area contributed by atoms with E-state index in [-0.39, 0.29) is 6.10 Å². The van der Waals surface area contributed by atoms with Crippen LogP contribution in [0.15, 0.2) is 0 Å². The molecule has 0 spiro atoms. The number of nitrogens with two attached hydrogens (primary N) is 1. The Morgan fingerprint density at radius 2 is 2.00 bits per heavy atom. The second-order valence-electron chi connectivity index (χ2n) is 3.46. The lowest BCUT2D eigenvalue weighted by Crippen LogP contribution is -2.36. The summed E-state index contributed by atoms with van der Waals surface area (Å²) >= 11 is 4.95. The summed E-state index contributed by atoms with van der Waals surface area (Å²) in [5.74, 6) is 0.571. The van der Waals surface area contributed by atoms with E-state index in [1.165, 1.54) is 32.1 Å². The van der Waals surface area contributed by atoms with Gasteiger partial charge in [0.05, 0.1) is 0 Å². The second-order valence-corrected chi connectivity index (χ2v) is 3.93. The number of rotatable bonds is 3. The predicted octanol–water partition coefficient (Wildman–Crippen LogP) is 1.87. The number of hydrogen-bond acceptors (Lipinski definition) is 2. The average molecular weight is 187 g/mol. The number of ether oxygens (including phenoxy) is 1. The van der Waals surface area contributed by atoms with Crippen LogP contribution in [0.5, 0.6) is 0 Å². The first-order chi connectivity index (χ1) is 5.75. The van der Waals surface area contributed by atoms with Gasteiger partial charge in [-0.15, -0.1) is 0 Å². The molecule has 0 heterocycles. The van der Waals surface area contributed by atoms with Crippen molar-refractivity contribution in [3.05, 3.63) is 0 Å². The zero-order chi connectivity index (χ0) is 8.97. The normalized spacial score (nSPS) is 22.1. The maximum absolute atomic E-state index is 5.58. The lowest BCUT2D eigenvalue weighted by molar-refractivity contribution is 0.0870. The quantitative estimate of drug-likeness (QED) is 0.685. The summed E-state index contributed by atoms with van der Waals surface area (Å²) in [5.41, 5.74) is 5.58. The first-order valence-corrected chi connectivity index (χ1v) is 4.98. The zero-order valence-corrected chi connectivity index (χ0v) is 8.40. The molecule has 0 saturated heterocycles. The molecular weight excluding hydrogens is 170 g/mol. The van der Waals surface area contributed by atoms with E-state index in [0.717, 1.165) is 0 Å². The molecule has 1 aliphatic carbocycles. The van der Waals surface area contributed by atoms with Crippen LogP contribution in [0.2, 0.25) is 0 Å². The first-order valence-electron chi connectivity index (χ1n) is 4.58. The van der Waals surface area contributed by atoms with E-state index in [2.05, 4.69) is 0 Å². The van der Waals surface area contributed by atoms with Crippen LogP contribution in [0.3, 0.4) is 0 Å². The SMILES string of the molecule is COC(C(N)=S)C1CCCCC1. The number of thiocarbonyl (C=S) groups is 1. The topological polar surface area (TPSA) is 35.2 Å². The Labute approximate surface area is 79.5 Å². The van der Waals surface area contributed by atoms with Gasteiger partial charge in [-0.3, -0.25) is 0 Å². The molecule has 2 N–H and O–H groups in total. The Morgan fingerprint density at radius 1 is 1.42 bits per heavy atom. The van der Waals surface area contributed by atoms with Crippen molar-refractivity contribution in [2.75, 3.05) is 7.11 Å². The maximum atomic E-state index is 5.58. The Bertz CT molecular complexity index is 155. The van der Waals surface area contributed by atoms with Gasteiger partial charge in [0.1, 0.15) is 11.1 Å². The third kappa shape index (κ3) is 2.42. The van der Waals surface area contributed by atoms with Gasteiger partial charge in [0.2, 0.25) is 0 Å². The molecule has 0 radical (unpaired) electrons. The van der Waals surface area contributed by atoms with E-state index in [1.807, 2.05) is 0 Å². The summed E-state index contributed by atoms with van der Waals surface area (Å²) in [6, 6.07) is 0. The number of methoxy groups -OCH3 is 1. The molecule has 12 heavy (non-hydrogen) atoms. The summed E-state index contributed by atoms with van der Waals surface area (Å²) < 4.78 is 5.28. The highest BCUT2D eigenvalue weighted by molar-refractivity contribution is 7.80. The molecular formula is C9H17NOS. The van der Waals surface area contributed by atoms with Crippen LogP contribution < -0.4 is 5.73 Å². The van der Waals surface area contributed by atoms with E-state index in [0.29, 0.717) is 10.9 Å². The zero-order valence-electron chi connectivity index (χ0n) is 7.58. The van der Waals surface area contributed by atoms with Gasteiger partial charge < -0.3 is 10.5 Å². The molecule has 0 aliphatic heterocycles. The standard InChI is InChI=1S/C9H17NOS/c1-11-8(9(10)12)7-5-3-2-4-6-7/h7-8H,2-6H2,1H3,(H2,10,12). The highest BCUT2D eigenvalue weighted by Crippen LogP contribution is 2.27. The highest BCUT2D eigenvalue weighted by Gasteiger charge is 2.25. The van der Waals surface area contributed by atoms with Crippen LogP contribution >= 0.6 is 12.2 Å². The molecule has 0 aromatic carbocycles. The van der Waals surface area contributed by atoms with Crippen molar-refractivity contribution in [3.63, 3.8) is 0 Å². The molecule has 1 aliphatic rings. The summed E-state index contributed by atoms with van der Waals surface area (Å²) in [7, 11) is 1.69. The van der Waals surface area contributed by atoms with Crippen molar-refractivity contribution in [1.29, 1.82) is 0 Å². The molecule has 1 unspecified atom stereocenters. The maximum Gasteiger partial charge on any atom is 0.110 e. The molecule has 2 nitrogen and oxygen atoms in total. The minimum absolute atomic E-state index is 0.0142. The van der Waals surface area contributed by atoms with Crippen molar-refractivity contribution in [1.82, 2.24) is 0 Å². The van der Waals surface area contributed by atoms with Crippen LogP contribution in [0.4, 0.5) is 0 Å². The molecule has 0 amide bonds. The fourth-order valence-corrected chi connectivity index (χ4v) is 2.27. The molecule has 1 rings (SSSR count). The van der Waals surface area contributed by atoms with Crippen molar-refractivity contribution < 1.29 is 4.74 Å². The molecule has 70 valence electrons. The van der Waals surface area contributed by atoms with Crippen molar-refractivity contribution in [3.8, 4) is 0 Å². The van der Waals surface area contributed by atoms with Gasteiger partial charge in [-0.2, -0.15) is 0 Å². The van der Waals surface area contributed by atoms with Gasteiger partial charge in [-0.05, 0) is 18.8 Å². The third-order valence-corrected chi connectivity index (χ3v) is 2.84. The largest absolute Gasteiger partial charge is 0.391 e. The van der Waals surface area contributed by atoms with Gasteiger partial charge in [0, 0.05) is 7.11 Å². The van der Waals surface area contributed by atoms with Crippen molar-refractivity contribution in [2.24, 2.45) is 11.7 Å². The van der Waals surface area contributed by atoms with Gasteiger partial charge in [-0.1, -0.05) is 31.5 Å². The van der Waals surface area contributed by atoms with Crippen LogP contribution in [0.25, 0.3) is 0 Å². The second kappa shape index (κ2) is 4.77. The number of hydrogen-bond donors (Lipinski definition) is 1.